The minimum Gasteiger partial charge on any atom is -0.463 e. The molecule has 1 N–H and O–H groups in total. The number of aliphatic hydroxyl groups excluding tert-OH is 1. The van der Waals surface area contributed by atoms with E-state index >= 15 is 0 Å². The molecule has 20 heavy (non-hydrogen) atoms. The van der Waals surface area contributed by atoms with Crippen molar-refractivity contribution in [2.45, 2.75) is 51.8 Å². The molecular weight excluding hydrogens is 272 g/mol. The van der Waals surface area contributed by atoms with Gasteiger partial charge in [0.1, 0.15) is 18.8 Å². The summed E-state index contributed by atoms with van der Waals surface area (Å²) in [5.41, 5.74) is 0. The third kappa shape index (κ3) is 5.14. The Bertz CT molecular complexity index is 380. The maximum absolute atomic E-state index is 11.1. The lowest BCUT2D eigenvalue weighted by atomic mass is 10.0. The number of rotatable bonds is 4. The van der Waals surface area contributed by atoms with Crippen molar-refractivity contribution in [1.29, 1.82) is 0 Å². The molecule has 1 saturated heterocycles. The largest absolute Gasteiger partial charge is 0.463 e. The van der Waals surface area contributed by atoms with E-state index in [0.717, 1.165) is 0 Å². The molecule has 8 nitrogen and oxygen atoms in total. The van der Waals surface area contributed by atoms with Crippen molar-refractivity contribution in [3.8, 4) is 0 Å². The zero-order valence-corrected chi connectivity index (χ0v) is 11.5. The predicted molar refractivity (Wildman–Crippen MR) is 63.2 cm³/mol. The fraction of sp³-hybridized carbons (Fsp3) is 0.750. The molecule has 1 aliphatic heterocycles. The molecule has 0 bridgehead atoms. The molecule has 1 fully saturated rings. The first-order valence-electron chi connectivity index (χ1n) is 6.11. The first-order chi connectivity index (χ1) is 9.29. The van der Waals surface area contributed by atoms with Gasteiger partial charge in [-0.3, -0.25) is 14.4 Å². The van der Waals surface area contributed by atoms with E-state index in [-0.39, 0.29) is 13.0 Å². The average molecular weight is 290 g/mol. The van der Waals surface area contributed by atoms with E-state index in [4.69, 9.17) is 18.9 Å². The summed E-state index contributed by atoms with van der Waals surface area (Å²) < 4.78 is 20.0. The van der Waals surface area contributed by atoms with Crippen molar-refractivity contribution in [1.82, 2.24) is 0 Å². The van der Waals surface area contributed by atoms with Crippen LogP contribution in [0.3, 0.4) is 0 Å². The van der Waals surface area contributed by atoms with Crippen LogP contribution in [0.1, 0.15) is 27.2 Å². The van der Waals surface area contributed by atoms with Gasteiger partial charge in [-0.15, -0.1) is 0 Å². The zero-order valence-electron chi connectivity index (χ0n) is 11.5. The fourth-order valence-electron chi connectivity index (χ4n) is 1.91. The molecule has 114 valence electrons. The fourth-order valence-corrected chi connectivity index (χ4v) is 1.91. The van der Waals surface area contributed by atoms with Crippen LogP contribution in [0.25, 0.3) is 0 Å². The molecule has 0 spiro atoms. The normalized spacial score (nSPS) is 29.4. The Morgan fingerprint density at radius 1 is 1.10 bits per heavy atom. The number of esters is 3. The minimum absolute atomic E-state index is 0.0336. The summed E-state index contributed by atoms with van der Waals surface area (Å²) in [6.45, 7) is 3.39. The smallest absolute Gasteiger partial charge is 0.303 e. The summed E-state index contributed by atoms with van der Waals surface area (Å²) >= 11 is 0. The highest BCUT2D eigenvalue weighted by atomic mass is 16.7. The topological polar surface area (TPSA) is 108 Å². The Morgan fingerprint density at radius 3 is 2.20 bits per heavy atom. The second kappa shape index (κ2) is 7.20. The van der Waals surface area contributed by atoms with Crippen molar-refractivity contribution in [3.05, 3.63) is 0 Å². The molecule has 1 aliphatic rings. The zero-order chi connectivity index (χ0) is 15.3. The highest BCUT2D eigenvalue weighted by Gasteiger charge is 2.43. The minimum atomic E-state index is -1.20. The van der Waals surface area contributed by atoms with Gasteiger partial charge in [-0.2, -0.15) is 0 Å². The van der Waals surface area contributed by atoms with Crippen molar-refractivity contribution in [3.63, 3.8) is 0 Å². The van der Waals surface area contributed by atoms with E-state index in [9.17, 15) is 19.5 Å². The second-order valence-electron chi connectivity index (χ2n) is 4.39. The lowest BCUT2D eigenvalue weighted by molar-refractivity contribution is -0.252. The van der Waals surface area contributed by atoms with Crippen molar-refractivity contribution in [2.75, 3.05) is 6.61 Å². The summed E-state index contributed by atoms with van der Waals surface area (Å²) in [6, 6.07) is 0. The Hall–Kier alpha value is -1.67. The van der Waals surface area contributed by atoms with E-state index in [1.165, 1.54) is 20.8 Å². The van der Waals surface area contributed by atoms with Gasteiger partial charge in [0.2, 0.25) is 0 Å². The molecule has 1 rings (SSSR count). The first kappa shape index (κ1) is 16.4. The molecule has 0 aromatic rings. The number of hydrogen-bond acceptors (Lipinski definition) is 8. The van der Waals surface area contributed by atoms with E-state index in [1.807, 2.05) is 0 Å². The molecule has 0 aromatic heterocycles. The quantitative estimate of drug-likeness (QED) is 0.546. The van der Waals surface area contributed by atoms with Gasteiger partial charge in [-0.1, -0.05) is 0 Å². The standard InChI is InChI=1S/C12H18O8/c1-6(13)17-5-10-12(19-8(3)15)9(18-7(2)14)4-11(16)20-10/h9-12,16H,4-5H2,1-3H3/t9?,10?,11-,12?/m1/s1. The number of carbonyl (C=O) groups excluding carboxylic acids is 3. The van der Waals surface area contributed by atoms with E-state index in [0.29, 0.717) is 0 Å². The van der Waals surface area contributed by atoms with Gasteiger partial charge in [0.15, 0.2) is 12.4 Å². The van der Waals surface area contributed by atoms with Crippen LogP contribution in [0.15, 0.2) is 0 Å². The van der Waals surface area contributed by atoms with E-state index in [1.54, 1.807) is 0 Å². The molecule has 0 amide bonds. The summed E-state index contributed by atoms with van der Waals surface area (Å²) in [5.74, 6) is -1.72. The van der Waals surface area contributed by atoms with Crippen molar-refractivity contribution < 1.29 is 38.4 Å². The van der Waals surface area contributed by atoms with Crippen LogP contribution in [0, 0.1) is 0 Å². The van der Waals surface area contributed by atoms with Gasteiger partial charge < -0.3 is 24.1 Å². The Balaban J connectivity index is 2.82. The van der Waals surface area contributed by atoms with Gasteiger partial charge in [0.25, 0.3) is 0 Å². The summed E-state index contributed by atoms with van der Waals surface area (Å²) in [7, 11) is 0. The van der Waals surface area contributed by atoms with Crippen molar-refractivity contribution in [2.24, 2.45) is 0 Å². The molecule has 0 saturated carbocycles. The third-order valence-corrected chi connectivity index (χ3v) is 2.57. The van der Waals surface area contributed by atoms with Crippen LogP contribution in [0.2, 0.25) is 0 Å². The number of aliphatic hydroxyl groups is 1. The highest BCUT2D eigenvalue weighted by Crippen LogP contribution is 2.25. The van der Waals surface area contributed by atoms with Crippen molar-refractivity contribution >= 4 is 17.9 Å². The molecular formula is C12H18O8. The van der Waals surface area contributed by atoms with Gasteiger partial charge in [0, 0.05) is 27.2 Å². The number of ether oxygens (including phenoxy) is 4. The second-order valence-corrected chi connectivity index (χ2v) is 4.39. The van der Waals surface area contributed by atoms with Crippen LogP contribution in [0.5, 0.6) is 0 Å². The summed E-state index contributed by atoms with van der Waals surface area (Å²) in [5, 5.41) is 9.59. The predicted octanol–water partition coefficient (Wildman–Crippen LogP) is -0.480. The third-order valence-electron chi connectivity index (χ3n) is 2.57. The molecule has 4 atom stereocenters. The molecule has 0 radical (unpaired) electrons. The van der Waals surface area contributed by atoms with Crippen LogP contribution >= 0.6 is 0 Å². The number of carbonyl (C=O) groups is 3. The molecule has 0 aliphatic carbocycles. The van der Waals surface area contributed by atoms with Crippen LogP contribution in [-0.2, 0) is 33.3 Å². The molecule has 0 aromatic carbocycles. The van der Waals surface area contributed by atoms with Crippen LogP contribution in [-0.4, -0.2) is 54.2 Å². The Kier molecular flexibility index (Phi) is 5.90. The van der Waals surface area contributed by atoms with Gasteiger partial charge in [-0.25, -0.2) is 0 Å². The summed E-state index contributed by atoms with van der Waals surface area (Å²) in [6.07, 6.45) is -3.95. The SMILES string of the molecule is CC(=O)OCC1O[C@@H](O)CC(OC(C)=O)C1OC(C)=O. The maximum atomic E-state index is 11.1. The molecule has 1 heterocycles. The molecule has 3 unspecified atom stereocenters. The van der Waals surface area contributed by atoms with Gasteiger partial charge >= 0.3 is 17.9 Å². The Labute approximate surface area is 115 Å². The van der Waals surface area contributed by atoms with E-state index < -0.39 is 42.5 Å². The van der Waals surface area contributed by atoms with Gasteiger partial charge in [0.05, 0.1) is 0 Å². The number of hydrogen-bond donors (Lipinski definition) is 1. The highest BCUT2D eigenvalue weighted by molar-refractivity contribution is 5.67. The van der Waals surface area contributed by atoms with Gasteiger partial charge in [-0.05, 0) is 0 Å². The van der Waals surface area contributed by atoms with E-state index in [2.05, 4.69) is 0 Å². The Morgan fingerprint density at radius 2 is 1.70 bits per heavy atom. The molecule has 8 heteroatoms. The monoisotopic (exact) mass is 290 g/mol. The first-order valence-corrected chi connectivity index (χ1v) is 6.11. The maximum Gasteiger partial charge on any atom is 0.303 e. The average Bonchev–Trinajstić information content (AvgIpc) is 2.28. The lowest BCUT2D eigenvalue weighted by Crippen LogP contribution is -2.53. The van der Waals surface area contributed by atoms with Crippen LogP contribution in [0.4, 0.5) is 0 Å². The lowest BCUT2D eigenvalue weighted by Gasteiger charge is -2.38. The summed E-state index contributed by atoms with van der Waals surface area (Å²) in [4.78, 5) is 33.0. The van der Waals surface area contributed by atoms with Crippen LogP contribution < -0.4 is 0 Å².